The van der Waals surface area contributed by atoms with Crippen molar-refractivity contribution in [3.05, 3.63) is 47.9 Å². The van der Waals surface area contributed by atoms with Gasteiger partial charge in [0.25, 0.3) is 11.8 Å². The lowest BCUT2D eigenvalue weighted by molar-refractivity contribution is -0.124. The number of imide groups is 1. The first-order valence-corrected chi connectivity index (χ1v) is 8.11. The maximum atomic E-state index is 12.7. The summed E-state index contributed by atoms with van der Waals surface area (Å²) in [5, 5.41) is 11.5. The molecule has 138 valence electrons. The molecule has 4 rings (SSSR count). The zero-order valence-electron chi connectivity index (χ0n) is 14.6. The molecule has 3 aromatic rings. The molecule has 0 aliphatic carbocycles. The molecule has 0 bridgehead atoms. The highest BCUT2D eigenvalue weighted by Gasteiger charge is 2.50. The van der Waals surface area contributed by atoms with E-state index in [4.69, 9.17) is 0 Å². The van der Waals surface area contributed by atoms with Gasteiger partial charge in [-0.05, 0) is 6.92 Å². The van der Waals surface area contributed by atoms with E-state index < -0.39 is 23.4 Å². The van der Waals surface area contributed by atoms with E-state index in [1.807, 2.05) is 0 Å². The number of hydrogen-bond donors (Lipinski definition) is 3. The third-order valence-electron chi connectivity index (χ3n) is 4.48. The number of fused-ring (bicyclic) bond motifs is 1. The Kier molecular flexibility index (Phi) is 3.65. The Morgan fingerprint density at radius 3 is 2.81 bits per heavy atom. The highest BCUT2D eigenvalue weighted by molar-refractivity contribution is 6.07. The third kappa shape index (κ3) is 2.60. The normalized spacial score (nSPS) is 19.2. The second-order valence-corrected chi connectivity index (χ2v) is 6.23. The molecule has 0 saturated carbocycles. The van der Waals surface area contributed by atoms with Gasteiger partial charge < -0.3 is 15.2 Å². The van der Waals surface area contributed by atoms with Gasteiger partial charge in [-0.25, -0.2) is 19.3 Å². The molecule has 4 heterocycles. The number of carbonyl (C=O) groups is 3. The summed E-state index contributed by atoms with van der Waals surface area (Å²) in [4.78, 5) is 45.4. The van der Waals surface area contributed by atoms with Crippen LogP contribution in [0.4, 0.5) is 4.79 Å². The van der Waals surface area contributed by atoms with E-state index in [2.05, 4.69) is 31.0 Å². The van der Waals surface area contributed by atoms with Crippen molar-refractivity contribution >= 4 is 23.5 Å². The molecule has 0 spiro atoms. The molecule has 1 aliphatic rings. The smallest absolute Gasteiger partial charge is 0.322 e. The second-order valence-electron chi connectivity index (χ2n) is 6.23. The van der Waals surface area contributed by atoms with Crippen LogP contribution in [-0.2, 0) is 17.4 Å². The van der Waals surface area contributed by atoms with Crippen LogP contribution >= 0.6 is 0 Å². The third-order valence-corrected chi connectivity index (χ3v) is 4.48. The molecule has 0 radical (unpaired) electrons. The van der Waals surface area contributed by atoms with Gasteiger partial charge in [0.1, 0.15) is 5.82 Å². The first kappa shape index (κ1) is 16.7. The summed E-state index contributed by atoms with van der Waals surface area (Å²) < 4.78 is 3.10. The summed E-state index contributed by atoms with van der Waals surface area (Å²) >= 11 is 0. The zero-order chi connectivity index (χ0) is 19.2. The molecule has 3 aromatic heterocycles. The number of amides is 4. The fourth-order valence-corrected chi connectivity index (χ4v) is 3.10. The van der Waals surface area contributed by atoms with Crippen LogP contribution in [0.2, 0.25) is 0 Å². The quantitative estimate of drug-likeness (QED) is 0.518. The van der Waals surface area contributed by atoms with E-state index in [1.54, 1.807) is 43.2 Å². The van der Waals surface area contributed by atoms with E-state index in [-0.39, 0.29) is 6.54 Å². The molecule has 3 N–H and O–H groups in total. The van der Waals surface area contributed by atoms with E-state index >= 15 is 0 Å². The number of carbonyl (C=O) groups excluding carboxylic acids is 3. The topological polar surface area (TPSA) is 135 Å². The number of aromatic nitrogens is 5. The van der Waals surface area contributed by atoms with Crippen molar-refractivity contribution in [1.82, 2.24) is 40.1 Å². The summed E-state index contributed by atoms with van der Waals surface area (Å²) in [6.07, 6.45) is 6.30. The van der Waals surface area contributed by atoms with Crippen LogP contribution in [0.3, 0.4) is 0 Å². The zero-order valence-corrected chi connectivity index (χ0v) is 14.6. The number of nitrogens with zero attached hydrogens (tertiary/aromatic N) is 5. The second kappa shape index (κ2) is 5.90. The molecule has 1 atom stereocenters. The van der Waals surface area contributed by atoms with Crippen molar-refractivity contribution in [2.24, 2.45) is 7.05 Å². The molecule has 1 aliphatic heterocycles. The lowest BCUT2D eigenvalue weighted by Crippen LogP contribution is -2.54. The maximum Gasteiger partial charge on any atom is 0.322 e. The Morgan fingerprint density at radius 2 is 2.15 bits per heavy atom. The molecule has 11 nitrogen and oxygen atoms in total. The van der Waals surface area contributed by atoms with Crippen molar-refractivity contribution in [3.8, 4) is 0 Å². The Bertz CT molecular complexity index is 1080. The monoisotopic (exact) mass is 368 g/mol. The fourth-order valence-electron chi connectivity index (χ4n) is 3.10. The van der Waals surface area contributed by atoms with Gasteiger partial charge in [-0.15, -0.1) is 0 Å². The van der Waals surface area contributed by atoms with Gasteiger partial charge in [0.05, 0.1) is 24.0 Å². The van der Waals surface area contributed by atoms with Crippen LogP contribution in [0.5, 0.6) is 0 Å². The van der Waals surface area contributed by atoms with Crippen molar-refractivity contribution in [1.29, 1.82) is 0 Å². The molecule has 1 fully saturated rings. The van der Waals surface area contributed by atoms with Gasteiger partial charge in [-0.3, -0.25) is 14.9 Å². The molecule has 4 amide bonds. The van der Waals surface area contributed by atoms with E-state index in [0.29, 0.717) is 22.7 Å². The molecule has 1 unspecified atom stereocenters. The average Bonchev–Trinajstić information content (AvgIpc) is 3.31. The fraction of sp³-hybridized carbons (Fsp3) is 0.250. The molecular formula is C16H16N8O3. The Labute approximate surface area is 152 Å². The van der Waals surface area contributed by atoms with Gasteiger partial charge in [-0.1, -0.05) is 0 Å². The summed E-state index contributed by atoms with van der Waals surface area (Å²) in [6, 6.07) is 1.08. The van der Waals surface area contributed by atoms with Crippen LogP contribution < -0.4 is 16.0 Å². The number of nitrogens with one attached hydrogen (secondary N) is 3. The number of aryl methyl sites for hydroxylation is 2. The lowest BCUT2D eigenvalue weighted by Gasteiger charge is -2.25. The molecule has 0 aromatic carbocycles. The summed E-state index contributed by atoms with van der Waals surface area (Å²) in [6.45, 7) is 1.53. The van der Waals surface area contributed by atoms with Crippen LogP contribution in [0.25, 0.3) is 5.65 Å². The minimum atomic E-state index is -1.50. The minimum Gasteiger partial charge on any atom is -0.349 e. The van der Waals surface area contributed by atoms with E-state index in [0.717, 1.165) is 0 Å². The van der Waals surface area contributed by atoms with Crippen LogP contribution in [0.15, 0.2) is 30.9 Å². The standard InChI is InChI=1S/C16H16N8O3/c1-9-10(7-24-11(20-9)3-4-19-24)12(25)18-8-16(13-17-5-6-23(13)2)14(26)21-15(27)22-16/h3-7H,8H2,1-2H3,(H,18,25)(H2,21,22,26,27). The van der Waals surface area contributed by atoms with Gasteiger partial charge >= 0.3 is 6.03 Å². The number of hydrogen-bond acceptors (Lipinski definition) is 6. The van der Waals surface area contributed by atoms with E-state index in [9.17, 15) is 14.4 Å². The summed E-state index contributed by atoms with van der Waals surface area (Å²) in [5.74, 6) is -0.720. The predicted octanol–water partition coefficient (Wildman–Crippen LogP) is -0.764. The van der Waals surface area contributed by atoms with E-state index in [1.165, 1.54) is 10.7 Å². The summed E-state index contributed by atoms with van der Waals surface area (Å²) in [5.41, 5.74) is -0.0457. The predicted molar refractivity (Wildman–Crippen MR) is 91.6 cm³/mol. The molecule has 27 heavy (non-hydrogen) atoms. The van der Waals surface area contributed by atoms with Gasteiger partial charge in [0.15, 0.2) is 11.2 Å². The lowest BCUT2D eigenvalue weighted by atomic mass is 9.98. The number of urea groups is 1. The van der Waals surface area contributed by atoms with Crippen molar-refractivity contribution < 1.29 is 14.4 Å². The minimum absolute atomic E-state index is 0.176. The number of imidazole rings is 1. The Balaban J connectivity index is 1.64. The first-order chi connectivity index (χ1) is 12.9. The SMILES string of the molecule is Cc1nc2ccnn2cc1C(=O)NCC1(c2nccn2C)NC(=O)NC1=O. The maximum absolute atomic E-state index is 12.7. The van der Waals surface area contributed by atoms with Crippen LogP contribution in [0.1, 0.15) is 21.9 Å². The largest absolute Gasteiger partial charge is 0.349 e. The molecule has 11 heteroatoms. The Hall–Kier alpha value is -3.76. The van der Waals surface area contributed by atoms with Crippen molar-refractivity contribution in [2.75, 3.05) is 6.54 Å². The van der Waals surface area contributed by atoms with Gasteiger partial charge in [0, 0.05) is 31.7 Å². The summed E-state index contributed by atoms with van der Waals surface area (Å²) in [7, 11) is 1.70. The highest BCUT2D eigenvalue weighted by Crippen LogP contribution is 2.22. The van der Waals surface area contributed by atoms with Crippen molar-refractivity contribution in [3.63, 3.8) is 0 Å². The van der Waals surface area contributed by atoms with Gasteiger partial charge in [0.2, 0.25) is 0 Å². The van der Waals surface area contributed by atoms with Crippen LogP contribution in [-0.4, -0.2) is 48.5 Å². The number of rotatable bonds is 4. The average molecular weight is 368 g/mol. The van der Waals surface area contributed by atoms with Crippen LogP contribution in [0, 0.1) is 6.92 Å². The van der Waals surface area contributed by atoms with Gasteiger partial charge in [-0.2, -0.15) is 5.10 Å². The molecule has 1 saturated heterocycles. The Morgan fingerprint density at radius 1 is 1.33 bits per heavy atom. The molecular weight excluding hydrogens is 352 g/mol. The van der Waals surface area contributed by atoms with Crippen molar-refractivity contribution in [2.45, 2.75) is 12.5 Å². The highest BCUT2D eigenvalue weighted by atomic mass is 16.2. The first-order valence-electron chi connectivity index (χ1n) is 8.11.